The van der Waals surface area contributed by atoms with Crippen molar-refractivity contribution in [1.29, 1.82) is 0 Å². The number of nitrogens with zero attached hydrogens (tertiary/aromatic N) is 3. The van der Waals surface area contributed by atoms with Crippen LogP contribution in [0.15, 0.2) is 24.3 Å². The van der Waals surface area contributed by atoms with Crippen LogP contribution >= 0.6 is 0 Å². The Morgan fingerprint density at radius 1 is 1.46 bits per heavy atom. The number of rotatable bonds is 6. The van der Waals surface area contributed by atoms with Crippen LogP contribution in [0.5, 0.6) is 0 Å². The number of hydrogen-bond acceptors (Lipinski definition) is 4. The van der Waals surface area contributed by atoms with E-state index < -0.39 is 0 Å². The quantitative estimate of drug-likeness (QED) is 0.847. The molecule has 1 N–H and O–H groups in total. The molecule has 0 spiro atoms. The lowest BCUT2D eigenvalue weighted by Crippen LogP contribution is -2.55. The summed E-state index contributed by atoms with van der Waals surface area (Å²) < 4.78 is 13.2. The Bertz CT molecular complexity index is 553. The second kappa shape index (κ2) is 8.55. The third-order valence-corrected chi connectivity index (χ3v) is 4.44. The first kappa shape index (κ1) is 18.8. The van der Waals surface area contributed by atoms with Gasteiger partial charge in [0.05, 0.1) is 12.6 Å². The van der Waals surface area contributed by atoms with Gasteiger partial charge in [-0.15, -0.1) is 0 Å². The summed E-state index contributed by atoms with van der Waals surface area (Å²) in [5, 5.41) is 9.52. The van der Waals surface area contributed by atoms with Crippen LogP contribution in [0.1, 0.15) is 19.4 Å². The molecule has 2 atom stereocenters. The molecule has 1 aromatic rings. The number of hydrogen-bond donors (Lipinski definition) is 1. The highest BCUT2D eigenvalue weighted by Gasteiger charge is 2.26. The summed E-state index contributed by atoms with van der Waals surface area (Å²) in [5.74, 6) is -0.244. The van der Waals surface area contributed by atoms with Crippen molar-refractivity contribution in [2.45, 2.75) is 32.5 Å². The van der Waals surface area contributed by atoms with Crippen molar-refractivity contribution >= 4 is 5.91 Å². The zero-order chi connectivity index (χ0) is 17.7. The van der Waals surface area contributed by atoms with Crippen LogP contribution in [-0.4, -0.2) is 77.6 Å². The monoisotopic (exact) mass is 337 g/mol. The normalized spacial score (nSPS) is 20.8. The van der Waals surface area contributed by atoms with Gasteiger partial charge in [0.25, 0.3) is 0 Å². The second-order valence-electron chi connectivity index (χ2n) is 6.81. The van der Waals surface area contributed by atoms with E-state index in [0.29, 0.717) is 25.7 Å². The number of benzene rings is 1. The largest absolute Gasteiger partial charge is 0.392 e. The first-order valence-corrected chi connectivity index (χ1v) is 8.48. The molecule has 0 radical (unpaired) electrons. The summed E-state index contributed by atoms with van der Waals surface area (Å²) in [7, 11) is 1.75. The number of carbonyl (C=O) groups excluding carboxylic acids is 1. The number of amides is 1. The van der Waals surface area contributed by atoms with Gasteiger partial charge in [0.2, 0.25) is 5.91 Å². The standard InChI is InChI=1S/C18H28FN3O2/c1-14-10-21(7-8-22(14)11-15(2)23)13-18(24)20(3)12-16-5-4-6-17(19)9-16/h4-6,9,14-15,23H,7-8,10-13H2,1-3H3/t14-,15-/m0/s1. The third kappa shape index (κ3) is 5.54. The van der Waals surface area contributed by atoms with Crippen LogP contribution < -0.4 is 0 Å². The van der Waals surface area contributed by atoms with Gasteiger partial charge in [-0.25, -0.2) is 4.39 Å². The Hall–Kier alpha value is -1.50. The van der Waals surface area contributed by atoms with Crippen molar-refractivity contribution in [3.8, 4) is 0 Å². The van der Waals surface area contributed by atoms with Gasteiger partial charge in [0, 0.05) is 45.8 Å². The molecular weight excluding hydrogens is 309 g/mol. The molecule has 1 aromatic carbocycles. The number of piperazine rings is 1. The summed E-state index contributed by atoms with van der Waals surface area (Å²) in [6, 6.07) is 6.66. The molecule has 0 saturated carbocycles. The SMILES string of the molecule is C[C@H](O)CN1CCN(CC(=O)N(C)Cc2cccc(F)c2)C[C@@H]1C. The van der Waals surface area contributed by atoms with E-state index in [1.54, 1.807) is 24.9 Å². The van der Waals surface area contributed by atoms with Crippen molar-refractivity contribution in [2.24, 2.45) is 0 Å². The number of likely N-dealkylation sites (N-methyl/N-ethyl adjacent to an activating group) is 1. The first-order chi connectivity index (χ1) is 11.3. The van der Waals surface area contributed by atoms with Crippen molar-refractivity contribution in [1.82, 2.24) is 14.7 Å². The minimum atomic E-state index is -0.335. The minimum Gasteiger partial charge on any atom is -0.392 e. The molecule has 1 heterocycles. The predicted molar refractivity (Wildman–Crippen MR) is 92.0 cm³/mol. The summed E-state index contributed by atoms with van der Waals surface area (Å²) in [4.78, 5) is 18.4. The van der Waals surface area contributed by atoms with Crippen molar-refractivity contribution in [3.63, 3.8) is 0 Å². The van der Waals surface area contributed by atoms with Gasteiger partial charge in [0.15, 0.2) is 0 Å². The van der Waals surface area contributed by atoms with Crippen LogP contribution in [0, 0.1) is 5.82 Å². The maximum Gasteiger partial charge on any atom is 0.236 e. The van der Waals surface area contributed by atoms with E-state index >= 15 is 0 Å². The lowest BCUT2D eigenvalue weighted by molar-refractivity contribution is -0.132. The van der Waals surface area contributed by atoms with Gasteiger partial charge in [-0.05, 0) is 31.5 Å². The number of aliphatic hydroxyl groups excluding tert-OH is 1. The van der Waals surface area contributed by atoms with E-state index in [0.717, 1.165) is 25.2 Å². The molecule has 0 bridgehead atoms. The van der Waals surface area contributed by atoms with Gasteiger partial charge in [0.1, 0.15) is 5.82 Å². The highest BCUT2D eigenvalue weighted by molar-refractivity contribution is 5.78. The molecule has 1 fully saturated rings. The molecule has 1 aliphatic heterocycles. The smallest absolute Gasteiger partial charge is 0.236 e. The number of carbonyl (C=O) groups is 1. The van der Waals surface area contributed by atoms with Crippen LogP contribution in [0.3, 0.4) is 0 Å². The fourth-order valence-electron chi connectivity index (χ4n) is 3.13. The number of aliphatic hydroxyl groups is 1. The summed E-state index contributed by atoms with van der Waals surface area (Å²) >= 11 is 0. The van der Waals surface area contributed by atoms with E-state index in [-0.39, 0.29) is 17.8 Å². The van der Waals surface area contributed by atoms with E-state index in [1.165, 1.54) is 12.1 Å². The summed E-state index contributed by atoms with van der Waals surface area (Å²) in [6.45, 7) is 7.85. The van der Waals surface area contributed by atoms with Gasteiger partial charge < -0.3 is 10.0 Å². The van der Waals surface area contributed by atoms with E-state index in [1.807, 2.05) is 6.07 Å². The molecule has 24 heavy (non-hydrogen) atoms. The maximum absolute atomic E-state index is 13.2. The molecule has 6 heteroatoms. The van der Waals surface area contributed by atoms with Crippen molar-refractivity contribution in [2.75, 3.05) is 39.8 Å². The Kier molecular flexibility index (Phi) is 6.71. The maximum atomic E-state index is 13.2. The van der Waals surface area contributed by atoms with Crippen molar-refractivity contribution < 1.29 is 14.3 Å². The minimum absolute atomic E-state index is 0.0374. The zero-order valence-corrected chi connectivity index (χ0v) is 14.8. The zero-order valence-electron chi connectivity index (χ0n) is 14.8. The second-order valence-corrected chi connectivity index (χ2v) is 6.81. The molecule has 0 unspecified atom stereocenters. The number of β-amino-alcohol motifs (C(OH)–C–C–N with tert-alkyl or cyclic N) is 1. The average Bonchev–Trinajstić information content (AvgIpc) is 2.49. The molecule has 134 valence electrons. The third-order valence-electron chi connectivity index (χ3n) is 4.44. The van der Waals surface area contributed by atoms with E-state index in [4.69, 9.17) is 0 Å². The summed E-state index contributed by atoms with van der Waals surface area (Å²) in [6.07, 6.45) is -0.335. The fraction of sp³-hybridized carbons (Fsp3) is 0.611. The molecular formula is C18H28FN3O2. The molecule has 5 nitrogen and oxygen atoms in total. The van der Waals surface area contributed by atoms with E-state index in [2.05, 4.69) is 16.7 Å². The van der Waals surface area contributed by atoms with Crippen LogP contribution in [0.4, 0.5) is 4.39 Å². The van der Waals surface area contributed by atoms with Gasteiger partial charge in [-0.3, -0.25) is 14.6 Å². The topological polar surface area (TPSA) is 47.0 Å². The van der Waals surface area contributed by atoms with Crippen LogP contribution in [-0.2, 0) is 11.3 Å². The fourth-order valence-corrected chi connectivity index (χ4v) is 3.13. The Morgan fingerprint density at radius 3 is 2.83 bits per heavy atom. The van der Waals surface area contributed by atoms with Gasteiger partial charge in [-0.1, -0.05) is 12.1 Å². The van der Waals surface area contributed by atoms with Crippen molar-refractivity contribution in [3.05, 3.63) is 35.6 Å². The molecule has 0 aliphatic carbocycles. The Balaban J connectivity index is 1.82. The average molecular weight is 337 g/mol. The Labute approximate surface area is 143 Å². The lowest BCUT2D eigenvalue weighted by Gasteiger charge is -2.40. The highest BCUT2D eigenvalue weighted by Crippen LogP contribution is 2.11. The van der Waals surface area contributed by atoms with E-state index in [9.17, 15) is 14.3 Å². The first-order valence-electron chi connectivity index (χ1n) is 8.48. The highest BCUT2D eigenvalue weighted by atomic mass is 19.1. The Morgan fingerprint density at radius 2 is 2.21 bits per heavy atom. The number of halogens is 1. The lowest BCUT2D eigenvalue weighted by atomic mass is 10.1. The van der Waals surface area contributed by atoms with Crippen LogP contribution in [0.25, 0.3) is 0 Å². The van der Waals surface area contributed by atoms with Gasteiger partial charge >= 0.3 is 0 Å². The molecule has 2 rings (SSSR count). The summed E-state index contributed by atoms with van der Waals surface area (Å²) in [5.41, 5.74) is 0.793. The molecule has 1 aliphatic rings. The molecule has 1 saturated heterocycles. The molecule has 1 amide bonds. The predicted octanol–water partition coefficient (Wildman–Crippen LogP) is 1.17. The molecule has 0 aromatic heterocycles. The van der Waals surface area contributed by atoms with Crippen LogP contribution in [0.2, 0.25) is 0 Å². The van der Waals surface area contributed by atoms with Gasteiger partial charge in [-0.2, -0.15) is 0 Å².